The van der Waals surface area contributed by atoms with Crippen LogP contribution >= 0.6 is 0 Å². The highest BCUT2D eigenvalue weighted by Crippen LogP contribution is 2.18. The third kappa shape index (κ3) is 2.48. The van der Waals surface area contributed by atoms with Crippen LogP contribution in [0.5, 0.6) is 0 Å². The summed E-state index contributed by atoms with van der Waals surface area (Å²) in [6.45, 7) is 4.08. The standard InChI is InChI=1S/C12H20N4O2/c1-3-16-8-10(13)11(14-16)12(17)15-6-4-9(18-2)5-7-15/h8-9H,3-7,13H2,1-2H3. The van der Waals surface area contributed by atoms with Gasteiger partial charge in [0, 0.05) is 32.9 Å². The maximum Gasteiger partial charge on any atom is 0.276 e. The van der Waals surface area contributed by atoms with Crippen molar-refractivity contribution in [1.82, 2.24) is 14.7 Å². The number of aromatic nitrogens is 2. The van der Waals surface area contributed by atoms with Gasteiger partial charge in [0.1, 0.15) is 0 Å². The number of amides is 1. The molecular formula is C12H20N4O2. The number of nitrogens with zero attached hydrogens (tertiary/aromatic N) is 3. The van der Waals surface area contributed by atoms with E-state index in [1.807, 2.05) is 6.92 Å². The normalized spacial score (nSPS) is 17.1. The molecule has 18 heavy (non-hydrogen) atoms. The Morgan fingerprint density at radius 3 is 2.72 bits per heavy atom. The molecule has 2 rings (SSSR count). The lowest BCUT2D eigenvalue weighted by Crippen LogP contribution is -2.41. The Hall–Kier alpha value is -1.56. The van der Waals surface area contributed by atoms with Gasteiger partial charge in [0.15, 0.2) is 5.69 Å². The van der Waals surface area contributed by atoms with Gasteiger partial charge in [-0.05, 0) is 19.8 Å². The van der Waals surface area contributed by atoms with E-state index in [9.17, 15) is 4.79 Å². The number of ether oxygens (including phenoxy) is 1. The number of hydrogen-bond donors (Lipinski definition) is 1. The number of likely N-dealkylation sites (tertiary alicyclic amines) is 1. The maximum atomic E-state index is 12.3. The van der Waals surface area contributed by atoms with E-state index < -0.39 is 0 Å². The van der Waals surface area contributed by atoms with Gasteiger partial charge in [-0.1, -0.05) is 0 Å². The molecule has 0 unspecified atom stereocenters. The van der Waals surface area contributed by atoms with Crippen molar-refractivity contribution in [1.29, 1.82) is 0 Å². The molecule has 100 valence electrons. The molecule has 2 N–H and O–H groups in total. The Kier molecular flexibility index (Phi) is 3.86. The zero-order chi connectivity index (χ0) is 13.1. The number of hydrogen-bond acceptors (Lipinski definition) is 4. The quantitative estimate of drug-likeness (QED) is 0.861. The van der Waals surface area contributed by atoms with Crippen LogP contribution in [0.3, 0.4) is 0 Å². The molecule has 6 nitrogen and oxygen atoms in total. The number of aryl methyl sites for hydroxylation is 1. The Balaban J connectivity index is 2.05. The molecule has 1 saturated heterocycles. The molecule has 0 atom stereocenters. The molecule has 0 radical (unpaired) electrons. The second-order valence-corrected chi connectivity index (χ2v) is 4.52. The largest absolute Gasteiger partial charge is 0.396 e. The van der Waals surface area contributed by atoms with Gasteiger partial charge >= 0.3 is 0 Å². The van der Waals surface area contributed by atoms with Crippen molar-refractivity contribution < 1.29 is 9.53 Å². The zero-order valence-electron chi connectivity index (χ0n) is 10.9. The van der Waals surface area contributed by atoms with Crippen LogP contribution in [0.1, 0.15) is 30.3 Å². The van der Waals surface area contributed by atoms with Crippen LogP contribution in [-0.4, -0.2) is 46.9 Å². The van der Waals surface area contributed by atoms with Gasteiger partial charge in [-0.25, -0.2) is 0 Å². The van der Waals surface area contributed by atoms with Gasteiger partial charge in [-0.3, -0.25) is 9.48 Å². The van der Waals surface area contributed by atoms with E-state index in [-0.39, 0.29) is 12.0 Å². The van der Waals surface area contributed by atoms with E-state index in [2.05, 4.69) is 5.10 Å². The number of anilines is 1. The number of rotatable bonds is 3. The molecule has 1 aliphatic rings. The van der Waals surface area contributed by atoms with Crippen LogP contribution in [0, 0.1) is 0 Å². The lowest BCUT2D eigenvalue weighted by molar-refractivity contribution is 0.0348. The van der Waals surface area contributed by atoms with Crippen LogP contribution in [0.15, 0.2) is 6.20 Å². The third-order valence-corrected chi connectivity index (χ3v) is 3.38. The van der Waals surface area contributed by atoms with E-state index in [1.54, 1.807) is 22.9 Å². The Bertz CT molecular complexity index is 422. The van der Waals surface area contributed by atoms with E-state index in [0.29, 0.717) is 31.0 Å². The fourth-order valence-corrected chi connectivity index (χ4v) is 2.21. The first-order valence-corrected chi connectivity index (χ1v) is 6.30. The van der Waals surface area contributed by atoms with Crippen molar-refractivity contribution in [2.75, 3.05) is 25.9 Å². The Morgan fingerprint density at radius 2 is 2.22 bits per heavy atom. The molecule has 1 fully saturated rings. The van der Waals surface area contributed by atoms with Gasteiger partial charge in [0.2, 0.25) is 0 Å². The molecule has 2 heterocycles. The third-order valence-electron chi connectivity index (χ3n) is 3.38. The highest BCUT2D eigenvalue weighted by atomic mass is 16.5. The molecule has 6 heteroatoms. The molecule has 0 spiro atoms. The van der Waals surface area contributed by atoms with Crippen molar-refractivity contribution in [3.05, 3.63) is 11.9 Å². The topological polar surface area (TPSA) is 73.4 Å². The summed E-state index contributed by atoms with van der Waals surface area (Å²) >= 11 is 0. The van der Waals surface area contributed by atoms with Crippen LogP contribution in [0.2, 0.25) is 0 Å². The molecule has 0 aliphatic carbocycles. The van der Waals surface area contributed by atoms with E-state index in [0.717, 1.165) is 12.8 Å². The fraction of sp³-hybridized carbons (Fsp3) is 0.667. The highest BCUT2D eigenvalue weighted by molar-refractivity contribution is 5.97. The second kappa shape index (κ2) is 5.39. The summed E-state index contributed by atoms with van der Waals surface area (Å²) in [5.74, 6) is -0.0748. The fourth-order valence-electron chi connectivity index (χ4n) is 2.21. The first-order valence-electron chi connectivity index (χ1n) is 6.30. The Labute approximate surface area is 107 Å². The van der Waals surface area contributed by atoms with E-state index in [1.165, 1.54) is 0 Å². The number of nitrogen functional groups attached to an aromatic ring is 1. The van der Waals surface area contributed by atoms with Crippen LogP contribution in [0.4, 0.5) is 5.69 Å². The van der Waals surface area contributed by atoms with Crippen LogP contribution < -0.4 is 5.73 Å². The van der Waals surface area contributed by atoms with Crippen molar-refractivity contribution in [3.8, 4) is 0 Å². The van der Waals surface area contributed by atoms with Gasteiger partial charge in [-0.2, -0.15) is 5.10 Å². The average Bonchev–Trinajstić information content (AvgIpc) is 2.79. The van der Waals surface area contributed by atoms with Gasteiger partial charge in [-0.15, -0.1) is 0 Å². The average molecular weight is 252 g/mol. The lowest BCUT2D eigenvalue weighted by Gasteiger charge is -2.30. The molecule has 1 aromatic rings. The van der Waals surface area contributed by atoms with Gasteiger partial charge < -0.3 is 15.4 Å². The van der Waals surface area contributed by atoms with Crippen LogP contribution in [0.25, 0.3) is 0 Å². The summed E-state index contributed by atoms with van der Waals surface area (Å²) in [5.41, 5.74) is 6.65. The SMILES string of the molecule is CCn1cc(N)c(C(=O)N2CCC(OC)CC2)n1. The van der Waals surface area contributed by atoms with Crippen molar-refractivity contribution in [2.45, 2.75) is 32.4 Å². The second-order valence-electron chi connectivity index (χ2n) is 4.52. The molecular weight excluding hydrogens is 232 g/mol. The van der Waals surface area contributed by atoms with Gasteiger partial charge in [0.05, 0.1) is 11.8 Å². The molecule has 1 aliphatic heterocycles. The smallest absolute Gasteiger partial charge is 0.276 e. The highest BCUT2D eigenvalue weighted by Gasteiger charge is 2.26. The van der Waals surface area contributed by atoms with Crippen molar-refractivity contribution >= 4 is 11.6 Å². The number of carbonyl (C=O) groups is 1. The number of nitrogens with two attached hydrogens (primary N) is 1. The zero-order valence-corrected chi connectivity index (χ0v) is 10.9. The molecule has 0 bridgehead atoms. The first-order chi connectivity index (χ1) is 8.65. The van der Waals surface area contributed by atoms with Crippen molar-refractivity contribution in [2.24, 2.45) is 0 Å². The molecule has 1 amide bonds. The number of methoxy groups -OCH3 is 1. The summed E-state index contributed by atoms with van der Waals surface area (Å²) in [5, 5.41) is 4.21. The predicted molar refractivity (Wildman–Crippen MR) is 68.2 cm³/mol. The molecule has 0 aromatic carbocycles. The van der Waals surface area contributed by atoms with Gasteiger partial charge in [0.25, 0.3) is 5.91 Å². The first kappa shape index (κ1) is 12.9. The monoisotopic (exact) mass is 252 g/mol. The summed E-state index contributed by atoms with van der Waals surface area (Å²) in [7, 11) is 1.71. The number of carbonyl (C=O) groups excluding carboxylic acids is 1. The van der Waals surface area contributed by atoms with E-state index >= 15 is 0 Å². The summed E-state index contributed by atoms with van der Waals surface area (Å²) in [4.78, 5) is 14.1. The minimum atomic E-state index is -0.0748. The summed E-state index contributed by atoms with van der Waals surface area (Å²) in [6.07, 6.45) is 3.71. The summed E-state index contributed by atoms with van der Waals surface area (Å²) in [6, 6.07) is 0. The summed E-state index contributed by atoms with van der Waals surface area (Å²) < 4.78 is 6.97. The number of piperidine rings is 1. The minimum absolute atomic E-state index is 0.0748. The predicted octanol–water partition coefficient (Wildman–Crippen LogP) is 0.736. The molecule has 1 aromatic heterocycles. The Morgan fingerprint density at radius 1 is 1.56 bits per heavy atom. The van der Waals surface area contributed by atoms with E-state index in [4.69, 9.17) is 10.5 Å². The van der Waals surface area contributed by atoms with Crippen molar-refractivity contribution in [3.63, 3.8) is 0 Å². The lowest BCUT2D eigenvalue weighted by atomic mass is 10.1. The minimum Gasteiger partial charge on any atom is -0.396 e. The maximum absolute atomic E-state index is 12.3. The van der Waals surface area contributed by atoms with Crippen LogP contribution in [-0.2, 0) is 11.3 Å². The molecule has 0 saturated carbocycles.